The van der Waals surface area contributed by atoms with Crippen LogP contribution in [0.4, 0.5) is 5.69 Å². The van der Waals surface area contributed by atoms with Crippen molar-refractivity contribution in [3.63, 3.8) is 0 Å². The van der Waals surface area contributed by atoms with Gasteiger partial charge in [0.2, 0.25) is 5.91 Å². The maximum Gasteiger partial charge on any atom is 0.343 e. The summed E-state index contributed by atoms with van der Waals surface area (Å²) >= 11 is 0. The van der Waals surface area contributed by atoms with Crippen molar-refractivity contribution in [2.24, 2.45) is 0 Å². The van der Waals surface area contributed by atoms with E-state index in [-0.39, 0.29) is 5.91 Å². The number of carbonyl (C=O) groups is 2. The first-order valence-corrected chi connectivity index (χ1v) is 6.81. The van der Waals surface area contributed by atoms with Crippen LogP contribution in [0.5, 0.6) is 5.75 Å². The number of fused-ring (bicyclic) bond motifs is 1. The summed E-state index contributed by atoms with van der Waals surface area (Å²) in [5, 5.41) is 11.5. The van der Waals surface area contributed by atoms with Crippen molar-refractivity contribution in [2.75, 3.05) is 5.32 Å². The van der Waals surface area contributed by atoms with Crippen molar-refractivity contribution in [3.8, 4) is 11.8 Å². The van der Waals surface area contributed by atoms with E-state index in [1.54, 1.807) is 42.5 Å². The molecule has 2 aromatic rings. The predicted octanol–water partition coefficient (Wildman–Crippen LogP) is 2.66. The van der Waals surface area contributed by atoms with E-state index < -0.39 is 5.97 Å². The van der Waals surface area contributed by atoms with Gasteiger partial charge in [0.15, 0.2) is 0 Å². The Morgan fingerprint density at radius 2 is 1.91 bits per heavy atom. The lowest BCUT2D eigenvalue weighted by Gasteiger charge is -2.17. The molecule has 3 rings (SSSR count). The van der Waals surface area contributed by atoms with Crippen LogP contribution in [0.25, 0.3) is 0 Å². The van der Waals surface area contributed by atoms with Gasteiger partial charge in [-0.1, -0.05) is 0 Å². The van der Waals surface area contributed by atoms with Crippen LogP contribution in [0.2, 0.25) is 0 Å². The summed E-state index contributed by atoms with van der Waals surface area (Å²) in [5.41, 5.74) is 2.57. The van der Waals surface area contributed by atoms with Crippen LogP contribution in [0.15, 0.2) is 42.5 Å². The summed E-state index contributed by atoms with van der Waals surface area (Å²) in [4.78, 5) is 23.4. The number of esters is 1. The lowest BCUT2D eigenvalue weighted by Crippen LogP contribution is -2.19. The topological polar surface area (TPSA) is 79.2 Å². The van der Waals surface area contributed by atoms with E-state index >= 15 is 0 Å². The van der Waals surface area contributed by atoms with Crippen LogP contribution in [0, 0.1) is 11.3 Å². The van der Waals surface area contributed by atoms with Crippen LogP contribution in [0.1, 0.15) is 27.9 Å². The third kappa shape index (κ3) is 2.81. The molecule has 0 aromatic heterocycles. The van der Waals surface area contributed by atoms with E-state index in [0.29, 0.717) is 29.7 Å². The minimum absolute atomic E-state index is 0.00479. The molecular formula is C17H12N2O3. The third-order valence-corrected chi connectivity index (χ3v) is 3.43. The van der Waals surface area contributed by atoms with Crippen LogP contribution in [-0.4, -0.2) is 11.9 Å². The molecule has 0 radical (unpaired) electrons. The van der Waals surface area contributed by atoms with E-state index in [9.17, 15) is 9.59 Å². The molecule has 2 aromatic carbocycles. The largest absolute Gasteiger partial charge is 0.423 e. The summed E-state index contributed by atoms with van der Waals surface area (Å²) in [6.45, 7) is 0. The van der Waals surface area contributed by atoms with Crippen LogP contribution < -0.4 is 10.1 Å². The van der Waals surface area contributed by atoms with Gasteiger partial charge in [-0.3, -0.25) is 4.79 Å². The zero-order valence-corrected chi connectivity index (χ0v) is 11.6. The summed E-state index contributed by atoms with van der Waals surface area (Å²) < 4.78 is 5.33. The highest BCUT2D eigenvalue weighted by Gasteiger charge is 2.16. The molecule has 0 saturated heterocycles. The quantitative estimate of drug-likeness (QED) is 0.681. The fourth-order valence-corrected chi connectivity index (χ4v) is 2.27. The van der Waals surface area contributed by atoms with Crippen LogP contribution in [0.3, 0.4) is 0 Å². The van der Waals surface area contributed by atoms with Crippen molar-refractivity contribution < 1.29 is 14.3 Å². The Hall–Kier alpha value is -3.13. The van der Waals surface area contributed by atoms with Crippen LogP contribution >= 0.6 is 0 Å². The number of hydrogen-bond acceptors (Lipinski definition) is 4. The minimum Gasteiger partial charge on any atom is -0.423 e. The van der Waals surface area contributed by atoms with Gasteiger partial charge in [0.1, 0.15) is 5.75 Å². The molecule has 0 unspecified atom stereocenters. The van der Waals surface area contributed by atoms with Crippen molar-refractivity contribution in [3.05, 3.63) is 59.2 Å². The van der Waals surface area contributed by atoms with Gasteiger partial charge in [0.05, 0.1) is 17.2 Å². The summed E-state index contributed by atoms with van der Waals surface area (Å²) in [6.07, 6.45) is 1.06. The molecule has 5 nitrogen and oxygen atoms in total. The molecule has 1 aliphatic heterocycles. The molecule has 0 bridgehead atoms. The molecule has 1 heterocycles. The smallest absolute Gasteiger partial charge is 0.343 e. The molecule has 1 amide bonds. The summed E-state index contributed by atoms with van der Waals surface area (Å²) in [6, 6.07) is 13.4. The van der Waals surface area contributed by atoms with E-state index in [0.717, 1.165) is 11.3 Å². The van der Waals surface area contributed by atoms with Gasteiger partial charge >= 0.3 is 5.97 Å². The molecule has 0 fully saturated rings. The summed E-state index contributed by atoms with van der Waals surface area (Å²) in [5.74, 6) is -0.0524. The Balaban J connectivity index is 1.76. The number of benzene rings is 2. The SMILES string of the molecule is N#Cc1ccc(C(=O)Oc2ccc3c(c2)CCC(=O)N3)cc1. The number of ether oxygens (including phenoxy) is 1. The average molecular weight is 292 g/mol. The highest BCUT2D eigenvalue weighted by atomic mass is 16.5. The molecule has 1 aliphatic rings. The second-order valence-corrected chi connectivity index (χ2v) is 4.95. The van der Waals surface area contributed by atoms with Crippen molar-refractivity contribution in [2.45, 2.75) is 12.8 Å². The Labute approximate surface area is 127 Å². The van der Waals surface area contributed by atoms with Gasteiger partial charge in [-0.25, -0.2) is 4.79 Å². The number of anilines is 1. The Morgan fingerprint density at radius 1 is 1.14 bits per heavy atom. The molecular weight excluding hydrogens is 280 g/mol. The predicted molar refractivity (Wildman–Crippen MR) is 79.5 cm³/mol. The molecule has 0 atom stereocenters. The lowest BCUT2D eigenvalue weighted by molar-refractivity contribution is -0.116. The normalized spacial score (nSPS) is 12.8. The highest BCUT2D eigenvalue weighted by Crippen LogP contribution is 2.27. The van der Waals surface area contributed by atoms with Crippen molar-refractivity contribution in [1.82, 2.24) is 0 Å². The van der Waals surface area contributed by atoms with Crippen LogP contribution in [-0.2, 0) is 11.2 Å². The number of hydrogen-bond donors (Lipinski definition) is 1. The fourth-order valence-electron chi connectivity index (χ4n) is 2.27. The summed E-state index contributed by atoms with van der Waals surface area (Å²) in [7, 11) is 0. The molecule has 0 saturated carbocycles. The maximum atomic E-state index is 12.1. The molecule has 1 N–H and O–H groups in total. The lowest BCUT2D eigenvalue weighted by atomic mass is 10.0. The third-order valence-electron chi connectivity index (χ3n) is 3.43. The number of amides is 1. The maximum absolute atomic E-state index is 12.1. The first-order valence-electron chi connectivity index (χ1n) is 6.81. The monoisotopic (exact) mass is 292 g/mol. The average Bonchev–Trinajstić information content (AvgIpc) is 2.55. The number of nitrogens with one attached hydrogen (secondary N) is 1. The standard InChI is InChI=1S/C17H12N2O3/c18-10-11-1-3-12(4-2-11)17(21)22-14-6-7-15-13(9-14)5-8-16(20)19-15/h1-4,6-7,9H,5,8H2,(H,19,20). The molecule has 0 aliphatic carbocycles. The number of rotatable bonds is 2. The number of nitrogens with zero attached hydrogens (tertiary/aromatic N) is 1. The second kappa shape index (κ2) is 5.70. The number of nitriles is 1. The van der Waals surface area contributed by atoms with E-state index in [2.05, 4.69) is 5.32 Å². The number of aryl methyl sites for hydroxylation is 1. The number of carbonyl (C=O) groups excluding carboxylic acids is 2. The van der Waals surface area contributed by atoms with Gasteiger partial charge < -0.3 is 10.1 Å². The van der Waals surface area contributed by atoms with E-state index in [4.69, 9.17) is 10.00 Å². The van der Waals surface area contributed by atoms with E-state index in [1.165, 1.54) is 0 Å². The Kier molecular flexibility index (Phi) is 3.58. The Morgan fingerprint density at radius 3 is 2.64 bits per heavy atom. The zero-order valence-electron chi connectivity index (χ0n) is 11.6. The molecule has 108 valence electrons. The molecule has 0 spiro atoms. The van der Waals surface area contributed by atoms with E-state index in [1.807, 2.05) is 6.07 Å². The van der Waals surface area contributed by atoms with Crippen molar-refractivity contribution in [1.29, 1.82) is 5.26 Å². The molecule has 22 heavy (non-hydrogen) atoms. The second-order valence-electron chi connectivity index (χ2n) is 4.95. The zero-order chi connectivity index (χ0) is 15.5. The van der Waals surface area contributed by atoms with Crippen molar-refractivity contribution >= 4 is 17.6 Å². The van der Waals surface area contributed by atoms with Gasteiger partial charge in [-0.15, -0.1) is 0 Å². The van der Waals surface area contributed by atoms with Gasteiger partial charge in [-0.2, -0.15) is 5.26 Å². The first-order chi connectivity index (χ1) is 10.7. The van der Waals surface area contributed by atoms with Gasteiger partial charge in [0, 0.05) is 12.1 Å². The Bertz CT molecular complexity index is 789. The van der Waals surface area contributed by atoms with Gasteiger partial charge in [0.25, 0.3) is 0 Å². The minimum atomic E-state index is -0.482. The van der Waals surface area contributed by atoms with Gasteiger partial charge in [-0.05, 0) is 54.4 Å². The molecule has 5 heteroatoms. The highest BCUT2D eigenvalue weighted by molar-refractivity contribution is 5.94. The first kappa shape index (κ1) is 13.8. The fraction of sp³-hybridized carbons (Fsp3) is 0.118.